The number of nitrogens with two attached hydrogens (primary N) is 1. The fourth-order valence-electron chi connectivity index (χ4n) is 4.96. The Bertz CT molecular complexity index is 616. The number of halogens is 2. The van der Waals surface area contributed by atoms with Crippen LogP contribution in [0.1, 0.15) is 50.0 Å². The first-order valence-corrected chi connectivity index (χ1v) is 9.04. The van der Waals surface area contributed by atoms with Crippen LogP contribution in [-0.4, -0.2) is 18.0 Å². The van der Waals surface area contributed by atoms with E-state index in [0.717, 1.165) is 25.7 Å². The highest BCUT2D eigenvalue weighted by Crippen LogP contribution is 2.50. The third-order valence-corrected chi connectivity index (χ3v) is 6.18. The van der Waals surface area contributed by atoms with E-state index in [-0.39, 0.29) is 35.4 Å². The molecule has 0 radical (unpaired) electrons. The van der Waals surface area contributed by atoms with E-state index in [4.69, 9.17) is 5.73 Å². The van der Waals surface area contributed by atoms with Gasteiger partial charge in [0.15, 0.2) is 0 Å². The van der Waals surface area contributed by atoms with E-state index in [9.17, 15) is 13.6 Å². The first-order chi connectivity index (χ1) is 11.5. The van der Waals surface area contributed by atoms with Gasteiger partial charge in [0.05, 0.1) is 0 Å². The van der Waals surface area contributed by atoms with Gasteiger partial charge >= 0.3 is 0 Å². The molecule has 3 saturated carbocycles. The number of carbonyl (C=O) groups is 1. The second-order valence-corrected chi connectivity index (χ2v) is 7.80. The first kappa shape index (κ1) is 16.0. The van der Waals surface area contributed by atoms with E-state index >= 15 is 0 Å². The molecule has 4 atom stereocenters. The van der Waals surface area contributed by atoms with Gasteiger partial charge in [-0.15, -0.1) is 0 Å². The van der Waals surface area contributed by atoms with Crippen LogP contribution in [-0.2, 0) is 4.79 Å². The quantitative estimate of drug-likeness (QED) is 0.892. The summed E-state index contributed by atoms with van der Waals surface area (Å²) in [5.74, 6) is -0.839. The van der Waals surface area contributed by atoms with E-state index in [2.05, 4.69) is 5.32 Å². The molecule has 130 valence electrons. The fraction of sp³-hybridized carbons (Fsp3) is 0.632. The predicted octanol–water partition coefficient (Wildman–Crippen LogP) is 3.09. The van der Waals surface area contributed by atoms with Crippen molar-refractivity contribution in [2.75, 3.05) is 0 Å². The van der Waals surface area contributed by atoms with Crippen LogP contribution in [0.25, 0.3) is 0 Å². The Morgan fingerprint density at radius 3 is 2.33 bits per heavy atom. The minimum Gasteiger partial charge on any atom is -0.353 e. The van der Waals surface area contributed by atoms with E-state index in [0.29, 0.717) is 18.3 Å². The number of hydrogen-bond acceptors (Lipinski definition) is 2. The van der Waals surface area contributed by atoms with Crippen molar-refractivity contribution < 1.29 is 13.6 Å². The van der Waals surface area contributed by atoms with Crippen LogP contribution in [0.5, 0.6) is 0 Å². The van der Waals surface area contributed by atoms with E-state index in [1.54, 1.807) is 0 Å². The molecule has 24 heavy (non-hydrogen) atoms. The van der Waals surface area contributed by atoms with E-state index < -0.39 is 11.6 Å². The molecule has 0 saturated heterocycles. The molecule has 0 heterocycles. The molecule has 2 bridgehead atoms. The van der Waals surface area contributed by atoms with Crippen molar-refractivity contribution in [1.82, 2.24) is 5.32 Å². The van der Waals surface area contributed by atoms with Gasteiger partial charge in [0.1, 0.15) is 11.6 Å². The summed E-state index contributed by atoms with van der Waals surface area (Å²) in [5, 5.41) is 3.20. The minimum absolute atomic E-state index is 0.0416. The van der Waals surface area contributed by atoms with Gasteiger partial charge in [-0.05, 0) is 56.1 Å². The topological polar surface area (TPSA) is 55.1 Å². The lowest BCUT2D eigenvalue weighted by Crippen LogP contribution is -2.54. The Hall–Kier alpha value is -1.49. The van der Waals surface area contributed by atoms with Gasteiger partial charge in [-0.3, -0.25) is 4.79 Å². The summed E-state index contributed by atoms with van der Waals surface area (Å²) in [4.78, 5) is 12.6. The summed E-state index contributed by atoms with van der Waals surface area (Å²) in [6.45, 7) is 0. The monoisotopic (exact) mass is 334 g/mol. The maximum atomic E-state index is 13.9. The Balaban J connectivity index is 1.43. The number of amides is 1. The number of nitrogens with one attached hydrogen (secondary N) is 1. The van der Waals surface area contributed by atoms with Crippen LogP contribution in [0.2, 0.25) is 0 Å². The van der Waals surface area contributed by atoms with Gasteiger partial charge < -0.3 is 11.1 Å². The summed E-state index contributed by atoms with van der Waals surface area (Å²) in [5.41, 5.74) is 6.20. The van der Waals surface area contributed by atoms with E-state index in [1.165, 1.54) is 24.6 Å². The smallest absolute Gasteiger partial charge is 0.223 e. The summed E-state index contributed by atoms with van der Waals surface area (Å²) in [7, 11) is 0. The molecule has 5 heteroatoms. The largest absolute Gasteiger partial charge is 0.353 e. The molecular formula is C19H24F2N2O. The second-order valence-electron chi connectivity index (χ2n) is 7.80. The zero-order valence-corrected chi connectivity index (χ0v) is 13.7. The number of hydrogen-bond donors (Lipinski definition) is 2. The Labute approximate surface area is 141 Å². The molecule has 0 aromatic heterocycles. The van der Waals surface area contributed by atoms with Crippen LogP contribution >= 0.6 is 0 Å². The molecule has 3 aliphatic rings. The van der Waals surface area contributed by atoms with Gasteiger partial charge in [0, 0.05) is 29.5 Å². The van der Waals surface area contributed by atoms with Gasteiger partial charge in [-0.1, -0.05) is 12.5 Å². The molecule has 1 aromatic carbocycles. The Morgan fingerprint density at radius 2 is 1.71 bits per heavy atom. The van der Waals surface area contributed by atoms with Crippen molar-refractivity contribution in [3.8, 4) is 0 Å². The second kappa shape index (κ2) is 6.10. The van der Waals surface area contributed by atoms with Crippen LogP contribution in [0.15, 0.2) is 18.2 Å². The zero-order chi connectivity index (χ0) is 16.8. The molecule has 4 unspecified atom stereocenters. The SMILES string of the molecule is NC1CC2CCCC(C1)C2NC(=O)C1CC1c1c(F)cccc1F. The van der Waals surface area contributed by atoms with Gasteiger partial charge in [0.2, 0.25) is 5.91 Å². The maximum absolute atomic E-state index is 13.9. The van der Waals surface area contributed by atoms with Crippen LogP contribution in [0.4, 0.5) is 8.78 Å². The summed E-state index contributed by atoms with van der Waals surface area (Å²) >= 11 is 0. The normalized spacial score (nSPS) is 37.8. The highest BCUT2D eigenvalue weighted by Gasteiger charge is 2.48. The molecule has 4 rings (SSSR count). The molecule has 0 spiro atoms. The molecule has 1 amide bonds. The number of benzene rings is 1. The first-order valence-electron chi connectivity index (χ1n) is 9.04. The number of rotatable bonds is 3. The molecular weight excluding hydrogens is 310 g/mol. The lowest BCUT2D eigenvalue weighted by atomic mass is 9.67. The Kier molecular flexibility index (Phi) is 4.07. The third-order valence-electron chi connectivity index (χ3n) is 6.18. The molecule has 3 aliphatic carbocycles. The van der Waals surface area contributed by atoms with Crippen LogP contribution in [0.3, 0.4) is 0 Å². The van der Waals surface area contributed by atoms with Crippen molar-refractivity contribution in [3.05, 3.63) is 35.4 Å². The number of fused-ring (bicyclic) bond motifs is 2. The van der Waals surface area contributed by atoms with Crippen LogP contribution < -0.4 is 11.1 Å². The van der Waals surface area contributed by atoms with Crippen molar-refractivity contribution in [3.63, 3.8) is 0 Å². The molecule has 1 aromatic rings. The Morgan fingerprint density at radius 1 is 1.08 bits per heavy atom. The standard InChI is InChI=1S/C19H24F2N2O/c20-15-5-2-6-16(21)17(15)13-9-14(13)19(24)23-18-10-3-1-4-11(18)8-12(22)7-10/h2,5-6,10-14,18H,1,3-4,7-9,22H2,(H,23,24). The summed E-state index contributed by atoms with van der Waals surface area (Å²) < 4.78 is 27.8. The molecule has 3 fully saturated rings. The minimum atomic E-state index is -0.546. The van der Waals surface area contributed by atoms with Crippen molar-refractivity contribution in [1.29, 1.82) is 0 Å². The van der Waals surface area contributed by atoms with Crippen molar-refractivity contribution in [2.24, 2.45) is 23.5 Å². The summed E-state index contributed by atoms with van der Waals surface area (Å²) in [6, 6.07) is 4.32. The van der Waals surface area contributed by atoms with Gasteiger partial charge in [-0.2, -0.15) is 0 Å². The molecule has 3 nitrogen and oxygen atoms in total. The highest BCUT2D eigenvalue weighted by atomic mass is 19.1. The molecule has 0 aliphatic heterocycles. The van der Waals surface area contributed by atoms with Crippen LogP contribution in [0, 0.1) is 29.4 Å². The highest BCUT2D eigenvalue weighted by molar-refractivity contribution is 5.83. The van der Waals surface area contributed by atoms with Gasteiger partial charge in [0.25, 0.3) is 0 Å². The maximum Gasteiger partial charge on any atom is 0.223 e. The fourth-order valence-corrected chi connectivity index (χ4v) is 4.96. The van der Waals surface area contributed by atoms with Crippen molar-refractivity contribution in [2.45, 2.75) is 56.5 Å². The molecule has 3 N–H and O–H groups in total. The summed E-state index contributed by atoms with van der Waals surface area (Å²) in [6.07, 6.45) is 5.91. The van der Waals surface area contributed by atoms with E-state index in [1.807, 2.05) is 0 Å². The average molecular weight is 334 g/mol. The lowest BCUT2D eigenvalue weighted by Gasteiger charge is -2.45. The van der Waals surface area contributed by atoms with Gasteiger partial charge in [-0.25, -0.2) is 8.78 Å². The van der Waals surface area contributed by atoms with Crippen molar-refractivity contribution >= 4 is 5.91 Å². The third kappa shape index (κ3) is 2.83. The zero-order valence-electron chi connectivity index (χ0n) is 13.7. The average Bonchev–Trinajstić information content (AvgIpc) is 3.28. The lowest BCUT2D eigenvalue weighted by molar-refractivity contribution is -0.124. The number of carbonyl (C=O) groups excluding carboxylic acids is 1. The predicted molar refractivity (Wildman–Crippen MR) is 87.2 cm³/mol.